The van der Waals surface area contributed by atoms with Crippen LogP contribution in [0.15, 0.2) is 18.2 Å². The van der Waals surface area contributed by atoms with Gasteiger partial charge in [-0.25, -0.2) is 9.18 Å². The average molecular weight is 223 g/mol. The predicted molar refractivity (Wildman–Crippen MR) is 50.7 cm³/mol. The van der Waals surface area contributed by atoms with Crippen molar-refractivity contribution in [1.82, 2.24) is 4.90 Å². The zero-order valence-electron chi connectivity index (χ0n) is 10.1. The van der Waals surface area contributed by atoms with E-state index in [0.717, 1.165) is 17.0 Å². The van der Waals surface area contributed by atoms with Gasteiger partial charge in [-0.2, -0.15) is 0 Å². The number of nitrogens with zero attached hydrogens (tertiary/aromatic N) is 1. The minimum Gasteiger partial charge on any atom is -0.430 e. The molecular formula is C11H8FNO3. The van der Waals surface area contributed by atoms with Crippen molar-refractivity contribution in [2.45, 2.75) is 12.6 Å². The number of hydrogen-bond donors (Lipinski definition) is 0. The van der Waals surface area contributed by atoms with Gasteiger partial charge in [-0.05, 0) is 24.1 Å². The Morgan fingerprint density at radius 2 is 2.31 bits per heavy atom. The van der Waals surface area contributed by atoms with Crippen molar-refractivity contribution in [3.05, 3.63) is 35.1 Å². The average Bonchev–Trinajstić information content (AvgIpc) is 2.56. The minimum atomic E-state index is -1.91. The lowest BCUT2D eigenvalue weighted by Crippen LogP contribution is -2.35. The molecule has 2 aliphatic rings. The van der Waals surface area contributed by atoms with E-state index in [2.05, 4.69) is 0 Å². The first kappa shape index (κ1) is 7.38. The molecule has 2 heterocycles. The van der Waals surface area contributed by atoms with Gasteiger partial charge in [0.05, 0.1) is 0 Å². The molecule has 0 saturated carbocycles. The van der Waals surface area contributed by atoms with Gasteiger partial charge in [0.25, 0.3) is 0 Å². The molecule has 0 radical (unpaired) electrons. The zero-order valence-corrected chi connectivity index (χ0v) is 8.07. The molecule has 5 heteroatoms. The van der Waals surface area contributed by atoms with E-state index in [1.165, 1.54) is 6.07 Å². The van der Waals surface area contributed by atoms with Crippen LogP contribution in [-0.4, -0.2) is 23.3 Å². The summed E-state index contributed by atoms with van der Waals surface area (Å²) < 4.78 is 33.8. The van der Waals surface area contributed by atoms with Gasteiger partial charge in [-0.1, -0.05) is 6.07 Å². The third-order valence-corrected chi connectivity index (χ3v) is 2.66. The number of esters is 1. The maximum absolute atomic E-state index is 13.2. The highest BCUT2D eigenvalue weighted by Crippen LogP contribution is 2.34. The maximum atomic E-state index is 13.2. The van der Waals surface area contributed by atoms with E-state index in [-0.39, 0.29) is 12.1 Å². The highest BCUT2D eigenvalue weighted by atomic mass is 19.1. The Bertz CT molecular complexity index is 575. The molecule has 0 aliphatic carbocycles. The molecule has 82 valence electrons. The predicted octanol–water partition coefficient (Wildman–Crippen LogP) is 0.766. The second kappa shape index (κ2) is 3.04. The summed E-state index contributed by atoms with van der Waals surface area (Å²) in [5, 5.41) is 0. The Labute approximate surface area is 93.4 Å². The molecule has 1 amide bonds. The van der Waals surface area contributed by atoms with Crippen molar-refractivity contribution < 1.29 is 21.5 Å². The molecule has 1 atom stereocenters. The van der Waals surface area contributed by atoms with Crippen molar-refractivity contribution in [2.24, 2.45) is 0 Å². The molecule has 3 rings (SSSR count). The molecule has 0 spiro atoms. The van der Waals surface area contributed by atoms with Gasteiger partial charge in [0.15, 0.2) is 0 Å². The normalized spacial score (nSPS) is 27.8. The Balaban J connectivity index is 2.18. The molecular weight excluding hydrogens is 213 g/mol. The van der Waals surface area contributed by atoms with Crippen LogP contribution < -0.4 is 0 Å². The number of fused-ring (bicyclic) bond motifs is 3. The van der Waals surface area contributed by atoms with E-state index in [4.69, 9.17) is 7.48 Å². The van der Waals surface area contributed by atoms with E-state index in [1.54, 1.807) is 0 Å². The first-order chi connectivity index (χ1) is 8.40. The lowest BCUT2D eigenvalue weighted by molar-refractivity contribution is -0.149. The van der Waals surface area contributed by atoms with Crippen LogP contribution in [0.25, 0.3) is 0 Å². The van der Waals surface area contributed by atoms with E-state index < -0.39 is 30.3 Å². The van der Waals surface area contributed by atoms with Gasteiger partial charge in [0.1, 0.15) is 5.82 Å². The number of rotatable bonds is 0. The number of hydrogen-bond acceptors (Lipinski definition) is 3. The maximum Gasteiger partial charge on any atom is 0.399 e. The van der Waals surface area contributed by atoms with Gasteiger partial charge >= 0.3 is 11.9 Å². The van der Waals surface area contributed by atoms with Crippen LogP contribution in [0.1, 0.15) is 20.1 Å². The molecule has 2 aliphatic heterocycles. The van der Waals surface area contributed by atoms with Gasteiger partial charge in [0.2, 0.25) is 6.23 Å². The summed E-state index contributed by atoms with van der Waals surface area (Å²) in [6, 6.07) is 3.56. The summed E-state index contributed by atoms with van der Waals surface area (Å²) in [5.41, 5.74) is 0.429. The Kier molecular flexibility index (Phi) is 1.40. The van der Waals surface area contributed by atoms with Crippen molar-refractivity contribution >= 4 is 11.9 Å². The Morgan fingerprint density at radius 3 is 3.12 bits per heavy atom. The number of halogens is 1. The lowest BCUT2D eigenvalue weighted by Gasteiger charge is -2.28. The molecule has 1 fully saturated rings. The number of carbonyl (C=O) groups is 2. The molecule has 1 unspecified atom stereocenters. The largest absolute Gasteiger partial charge is 0.430 e. The van der Waals surface area contributed by atoms with Crippen molar-refractivity contribution in [2.75, 3.05) is 6.54 Å². The Hall–Kier alpha value is -1.91. The topological polar surface area (TPSA) is 46.6 Å². The molecule has 0 N–H and O–H groups in total. The van der Waals surface area contributed by atoms with Gasteiger partial charge in [0, 0.05) is 14.8 Å². The summed E-state index contributed by atoms with van der Waals surface area (Å²) >= 11 is 0. The number of ether oxygens (including phenoxy) is 1. The van der Waals surface area contributed by atoms with Crippen LogP contribution in [-0.2, 0) is 20.7 Å². The van der Waals surface area contributed by atoms with Crippen LogP contribution in [0.4, 0.5) is 4.39 Å². The molecule has 16 heavy (non-hydrogen) atoms. The first-order valence-electron chi connectivity index (χ1n) is 5.72. The molecule has 4 nitrogen and oxygen atoms in total. The summed E-state index contributed by atoms with van der Waals surface area (Å²) in [5.74, 6) is -2.44. The standard InChI is InChI=1S/C11H8FNO3/c12-7-1-2-8-6(5-7)3-4-13-9(14)11(15)16-10(8)13/h1-2,5,10H,3-4H2/i3D2. The van der Waals surface area contributed by atoms with Crippen molar-refractivity contribution in [3.63, 3.8) is 0 Å². The fourth-order valence-electron chi connectivity index (χ4n) is 1.89. The van der Waals surface area contributed by atoms with Gasteiger partial charge in [-0.3, -0.25) is 9.69 Å². The van der Waals surface area contributed by atoms with Crippen LogP contribution in [0.3, 0.4) is 0 Å². The second-order valence-corrected chi connectivity index (χ2v) is 3.60. The van der Waals surface area contributed by atoms with Crippen molar-refractivity contribution in [1.29, 1.82) is 0 Å². The van der Waals surface area contributed by atoms with Gasteiger partial charge < -0.3 is 4.74 Å². The smallest absolute Gasteiger partial charge is 0.399 e. The third kappa shape index (κ3) is 1.14. The molecule has 1 saturated heterocycles. The van der Waals surface area contributed by atoms with Crippen molar-refractivity contribution in [3.8, 4) is 0 Å². The Morgan fingerprint density at radius 1 is 1.50 bits per heavy atom. The highest BCUT2D eigenvalue weighted by molar-refractivity contribution is 6.34. The van der Waals surface area contributed by atoms with Crippen LogP contribution >= 0.6 is 0 Å². The summed E-state index contributed by atoms with van der Waals surface area (Å²) in [7, 11) is 0. The number of carbonyl (C=O) groups excluding carboxylic acids is 2. The lowest BCUT2D eigenvalue weighted by atomic mass is 9.98. The van der Waals surface area contributed by atoms with Crippen LogP contribution in [0.5, 0.6) is 0 Å². The SMILES string of the molecule is [2H]C1([2H])CN2C(=O)C(=O)OC2c2ccc(F)cc21. The summed E-state index contributed by atoms with van der Waals surface area (Å²) in [4.78, 5) is 23.8. The zero-order chi connectivity index (χ0) is 13.1. The fourth-order valence-corrected chi connectivity index (χ4v) is 1.89. The fraction of sp³-hybridized carbons (Fsp3) is 0.273. The first-order valence-corrected chi connectivity index (χ1v) is 4.72. The number of benzene rings is 1. The highest BCUT2D eigenvalue weighted by Gasteiger charge is 2.43. The van der Waals surface area contributed by atoms with E-state index in [0.29, 0.717) is 5.56 Å². The summed E-state index contributed by atoms with van der Waals surface area (Å²) in [6.45, 7) is -0.321. The van der Waals surface area contributed by atoms with E-state index in [1.807, 2.05) is 0 Å². The molecule has 1 aromatic carbocycles. The summed E-state index contributed by atoms with van der Waals surface area (Å²) in [6.07, 6.45) is -2.85. The monoisotopic (exact) mass is 223 g/mol. The van der Waals surface area contributed by atoms with E-state index >= 15 is 0 Å². The third-order valence-electron chi connectivity index (χ3n) is 2.66. The number of amides is 1. The molecule has 1 aromatic rings. The minimum absolute atomic E-state index is 0.117. The molecule has 0 aromatic heterocycles. The van der Waals surface area contributed by atoms with E-state index in [9.17, 15) is 14.0 Å². The molecule has 0 bridgehead atoms. The quantitative estimate of drug-likeness (QED) is 0.482. The van der Waals surface area contributed by atoms with Crippen LogP contribution in [0.2, 0.25) is 0 Å². The second-order valence-electron chi connectivity index (χ2n) is 3.60. The van der Waals surface area contributed by atoms with Gasteiger partial charge in [-0.15, -0.1) is 0 Å². The van der Waals surface area contributed by atoms with Crippen LogP contribution in [0, 0.1) is 5.82 Å².